The fourth-order valence-electron chi connectivity index (χ4n) is 2.18. The first-order valence-corrected chi connectivity index (χ1v) is 7.06. The lowest BCUT2D eigenvalue weighted by atomic mass is 10.2. The fourth-order valence-corrected chi connectivity index (χ4v) is 3.24. The summed E-state index contributed by atoms with van der Waals surface area (Å²) in [7, 11) is 1.80. The Morgan fingerprint density at radius 1 is 1.67 bits per heavy atom. The smallest absolute Gasteiger partial charge is 0.226 e. The summed E-state index contributed by atoms with van der Waals surface area (Å²) >= 11 is 1.79. The third kappa shape index (κ3) is 2.56. The number of aryl methyl sites for hydroxylation is 1. The number of rotatable bonds is 4. The van der Waals surface area contributed by atoms with Crippen LogP contribution >= 0.6 is 11.3 Å². The topological polar surface area (TPSA) is 44.1 Å². The summed E-state index contributed by atoms with van der Waals surface area (Å²) < 4.78 is 0. The van der Waals surface area contributed by atoms with Crippen LogP contribution in [0.4, 0.5) is 0 Å². The first-order chi connectivity index (χ1) is 8.54. The molecule has 0 N–H and O–H groups in total. The molecule has 1 aliphatic rings. The maximum atomic E-state index is 12.2. The average Bonchev–Trinajstić information content (AvgIpc) is 3.03. The lowest BCUT2D eigenvalue weighted by Crippen LogP contribution is -2.36. The Labute approximate surface area is 112 Å². The summed E-state index contributed by atoms with van der Waals surface area (Å²) in [6, 6.07) is 6.37. The van der Waals surface area contributed by atoms with Gasteiger partial charge in [-0.05, 0) is 32.4 Å². The van der Waals surface area contributed by atoms with Gasteiger partial charge >= 0.3 is 0 Å². The molecule has 0 aromatic carbocycles. The van der Waals surface area contributed by atoms with Crippen molar-refractivity contribution in [2.45, 2.75) is 38.6 Å². The van der Waals surface area contributed by atoms with Crippen LogP contribution in [0.25, 0.3) is 0 Å². The number of carbonyl (C=O) groups excluding carboxylic acids is 1. The van der Waals surface area contributed by atoms with Crippen LogP contribution in [-0.4, -0.2) is 23.9 Å². The molecule has 18 heavy (non-hydrogen) atoms. The molecule has 0 spiro atoms. The highest BCUT2D eigenvalue weighted by molar-refractivity contribution is 7.12. The van der Waals surface area contributed by atoms with E-state index in [9.17, 15) is 4.79 Å². The van der Waals surface area contributed by atoms with E-state index < -0.39 is 0 Å². The molecule has 1 saturated carbocycles. The molecule has 1 aromatic heterocycles. The van der Waals surface area contributed by atoms with Crippen molar-refractivity contribution in [1.29, 1.82) is 5.26 Å². The standard InChI is InChI=1S/C14H18N2OS/c1-9(6-7-15)16(3)14(17)12-8-11(12)13-5-4-10(2)18-13/h4-5,9,11-12H,6,8H2,1-3H3/t9-,11+,12+/m0/s1. The summed E-state index contributed by atoms with van der Waals surface area (Å²) in [4.78, 5) is 16.6. The van der Waals surface area contributed by atoms with Crippen molar-refractivity contribution in [2.24, 2.45) is 5.92 Å². The molecule has 1 fully saturated rings. The van der Waals surface area contributed by atoms with Crippen molar-refractivity contribution in [1.82, 2.24) is 4.90 Å². The molecule has 0 radical (unpaired) electrons. The lowest BCUT2D eigenvalue weighted by Gasteiger charge is -2.23. The predicted molar refractivity (Wildman–Crippen MR) is 72.4 cm³/mol. The van der Waals surface area contributed by atoms with Gasteiger partial charge in [-0.15, -0.1) is 11.3 Å². The Balaban J connectivity index is 1.95. The zero-order valence-corrected chi connectivity index (χ0v) is 11.8. The molecular weight excluding hydrogens is 244 g/mol. The van der Waals surface area contributed by atoms with Gasteiger partial charge in [-0.1, -0.05) is 0 Å². The van der Waals surface area contributed by atoms with E-state index in [1.807, 2.05) is 6.92 Å². The number of carbonyl (C=O) groups is 1. The third-order valence-electron chi connectivity index (χ3n) is 3.63. The van der Waals surface area contributed by atoms with E-state index in [0.717, 1.165) is 6.42 Å². The molecule has 0 saturated heterocycles. The van der Waals surface area contributed by atoms with Crippen LogP contribution in [0.1, 0.15) is 35.4 Å². The summed E-state index contributed by atoms with van der Waals surface area (Å²) in [6.07, 6.45) is 1.36. The molecule has 2 rings (SSSR count). The minimum atomic E-state index is 0.00817. The molecule has 0 unspecified atom stereocenters. The van der Waals surface area contributed by atoms with E-state index in [0.29, 0.717) is 12.3 Å². The van der Waals surface area contributed by atoms with Crippen LogP contribution in [0.5, 0.6) is 0 Å². The van der Waals surface area contributed by atoms with Crippen molar-refractivity contribution in [3.63, 3.8) is 0 Å². The van der Waals surface area contributed by atoms with Crippen molar-refractivity contribution in [3.8, 4) is 6.07 Å². The normalized spacial score (nSPS) is 23.2. The van der Waals surface area contributed by atoms with E-state index in [-0.39, 0.29) is 17.9 Å². The Kier molecular flexibility index (Phi) is 3.72. The largest absolute Gasteiger partial charge is 0.342 e. The van der Waals surface area contributed by atoms with Crippen LogP contribution in [0, 0.1) is 24.2 Å². The molecule has 96 valence electrons. The summed E-state index contributed by atoms with van der Waals surface area (Å²) in [5, 5.41) is 8.67. The van der Waals surface area contributed by atoms with Crippen LogP contribution in [0.2, 0.25) is 0 Å². The van der Waals surface area contributed by atoms with Gasteiger partial charge in [0.2, 0.25) is 5.91 Å². The molecule has 1 heterocycles. The summed E-state index contributed by atoms with van der Waals surface area (Å²) in [6.45, 7) is 4.02. The zero-order valence-electron chi connectivity index (χ0n) is 11.0. The second-order valence-corrected chi connectivity index (χ2v) is 6.38. The maximum Gasteiger partial charge on any atom is 0.226 e. The highest BCUT2D eigenvalue weighted by Gasteiger charge is 2.46. The van der Waals surface area contributed by atoms with E-state index in [1.165, 1.54) is 9.75 Å². The lowest BCUT2D eigenvalue weighted by molar-refractivity contribution is -0.133. The highest BCUT2D eigenvalue weighted by Crippen LogP contribution is 2.50. The SMILES string of the molecule is Cc1ccc([C@@H]2C[C@H]2C(=O)N(C)[C@@H](C)CC#N)s1. The van der Waals surface area contributed by atoms with Crippen molar-refractivity contribution in [2.75, 3.05) is 7.05 Å². The first-order valence-electron chi connectivity index (χ1n) is 6.24. The number of hydrogen-bond donors (Lipinski definition) is 0. The molecule has 4 heteroatoms. The Hall–Kier alpha value is -1.34. The third-order valence-corrected chi connectivity index (χ3v) is 4.76. The highest BCUT2D eigenvalue weighted by atomic mass is 32.1. The van der Waals surface area contributed by atoms with Gasteiger partial charge in [0.1, 0.15) is 0 Å². The number of nitriles is 1. The molecule has 1 amide bonds. The number of amides is 1. The predicted octanol–water partition coefficient (Wildman–Crippen LogP) is 2.92. The summed E-state index contributed by atoms with van der Waals surface area (Å²) in [5.41, 5.74) is 0. The quantitative estimate of drug-likeness (QED) is 0.837. The number of nitrogens with zero attached hydrogens (tertiary/aromatic N) is 2. The molecule has 0 bridgehead atoms. The Morgan fingerprint density at radius 2 is 2.39 bits per heavy atom. The van der Waals surface area contributed by atoms with Gasteiger partial charge in [-0.3, -0.25) is 4.79 Å². The van der Waals surface area contributed by atoms with E-state index in [2.05, 4.69) is 25.1 Å². The van der Waals surface area contributed by atoms with Crippen molar-refractivity contribution < 1.29 is 4.79 Å². The van der Waals surface area contributed by atoms with Crippen LogP contribution in [-0.2, 0) is 4.79 Å². The Bertz CT molecular complexity index is 488. The molecule has 1 aliphatic carbocycles. The van der Waals surface area contributed by atoms with E-state index in [4.69, 9.17) is 5.26 Å². The second kappa shape index (κ2) is 5.11. The molecule has 0 aliphatic heterocycles. The van der Waals surface area contributed by atoms with Crippen LogP contribution in [0.3, 0.4) is 0 Å². The van der Waals surface area contributed by atoms with Gasteiger partial charge in [0, 0.05) is 34.7 Å². The van der Waals surface area contributed by atoms with Gasteiger partial charge in [0.15, 0.2) is 0 Å². The minimum Gasteiger partial charge on any atom is -0.342 e. The van der Waals surface area contributed by atoms with Gasteiger partial charge in [0.05, 0.1) is 12.5 Å². The minimum absolute atomic E-state index is 0.00817. The average molecular weight is 262 g/mol. The van der Waals surface area contributed by atoms with Gasteiger partial charge in [0.25, 0.3) is 0 Å². The first kappa shape index (κ1) is 13.1. The van der Waals surface area contributed by atoms with Crippen molar-refractivity contribution >= 4 is 17.2 Å². The van der Waals surface area contributed by atoms with Crippen molar-refractivity contribution in [3.05, 3.63) is 21.9 Å². The zero-order chi connectivity index (χ0) is 13.3. The molecule has 1 aromatic rings. The monoisotopic (exact) mass is 262 g/mol. The number of hydrogen-bond acceptors (Lipinski definition) is 3. The second-order valence-electron chi connectivity index (χ2n) is 5.06. The number of thiophene rings is 1. The fraction of sp³-hybridized carbons (Fsp3) is 0.571. The van der Waals surface area contributed by atoms with Gasteiger partial charge in [-0.2, -0.15) is 5.26 Å². The van der Waals surface area contributed by atoms with Crippen LogP contribution < -0.4 is 0 Å². The summed E-state index contributed by atoms with van der Waals surface area (Å²) in [5.74, 6) is 0.732. The van der Waals surface area contributed by atoms with Crippen LogP contribution in [0.15, 0.2) is 12.1 Å². The van der Waals surface area contributed by atoms with Gasteiger partial charge < -0.3 is 4.90 Å². The van der Waals surface area contributed by atoms with E-state index >= 15 is 0 Å². The molecule has 3 atom stereocenters. The van der Waals surface area contributed by atoms with E-state index in [1.54, 1.807) is 23.3 Å². The van der Waals surface area contributed by atoms with Gasteiger partial charge in [-0.25, -0.2) is 0 Å². The maximum absolute atomic E-state index is 12.2. The molecule has 3 nitrogen and oxygen atoms in total. The molecular formula is C14H18N2OS. The Morgan fingerprint density at radius 3 is 2.94 bits per heavy atom.